The van der Waals surface area contributed by atoms with Crippen LogP contribution in [0.5, 0.6) is 0 Å². The molecule has 1 N–H and O–H groups in total. The third-order valence-corrected chi connectivity index (χ3v) is 4.92. The standard InChI is InChI=1S/C21H26N4O/c1-6-18-17(21(26)23-14(4)13(2)3)12-22-20-19(15(5)24-25(18)20)16-10-8-7-9-11-16/h7-14H,6H2,1-5H3,(H,23,26)/t14-/m1/s1. The lowest BCUT2D eigenvalue weighted by molar-refractivity contribution is 0.0928. The molecule has 2 heterocycles. The number of nitrogens with zero attached hydrogens (tertiary/aromatic N) is 3. The number of rotatable bonds is 5. The highest BCUT2D eigenvalue weighted by molar-refractivity contribution is 5.96. The number of fused-ring (bicyclic) bond motifs is 1. The zero-order valence-corrected chi connectivity index (χ0v) is 16.1. The molecular weight excluding hydrogens is 324 g/mol. The van der Waals surface area contributed by atoms with E-state index in [0.717, 1.165) is 28.2 Å². The summed E-state index contributed by atoms with van der Waals surface area (Å²) in [5.74, 6) is 0.282. The minimum absolute atomic E-state index is 0.0909. The topological polar surface area (TPSA) is 59.3 Å². The van der Waals surface area contributed by atoms with Gasteiger partial charge >= 0.3 is 0 Å². The van der Waals surface area contributed by atoms with E-state index in [-0.39, 0.29) is 11.9 Å². The van der Waals surface area contributed by atoms with Crippen molar-refractivity contribution in [1.82, 2.24) is 19.9 Å². The summed E-state index contributed by atoms with van der Waals surface area (Å²) in [4.78, 5) is 17.4. The van der Waals surface area contributed by atoms with Gasteiger partial charge in [0.1, 0.15) is 0 Å². The Balaban J connectivity index is 2.11. The van der Waals surface area contributed by atoms with Gasteiger partial charge in [0.25, 0.3) is 5.91 Å². The van der Waals surface area contributed by atoms with Gasteiger partial charge in [-0.1, -0.05) is 51.1 Å². The number of carbonyl (C=O) groups excluding carboxylic acids is 1. The molecule has 0 saturated carbocycles. The number of carbonyl (C=O) groups is 1. The first kappa shape index (κ1) is 18.1. The van der Waals surface area contributed by atoms with E-state index in [1.165, 1.54) is 0 Å². The van der Waals surface area contributed by atoms with Crippen LogP contribution < -0.4 is 5.32 Å². The molecule has 0 radical (unpaired) electrons. The zero-order chi connectivity index (χ0) is 18.8. The van der Waals surface area contributed by atoms with Crippen LogP contribution >= 0.6 is 0 Å². The van der Waals surface area contributed by atoms with Crippen molar-refractivity contribution >= 4 is 11.6 Å². The van der Waals surface area contributed by atoms with Crippen molar-refractivity contribution in [3.63, 3.8) is 0 Å². The van der Waals surface area contributed by atoms with E-state index < -0.39 is 0 Å². The second kappa shape index (κ2) is 7.28. The molecule has 26 heavy (non-hydrogen) atoms. The van der Waals surface area contributed by atoms with Crippen LogP contribution in [0.2, 0.25) is 0 Å². The predicted molar refractivity (Wildman–Crippen MR) is 104 cm³/mol. The third-order valence-electron chi connectivity index (χ3n) is 4.92. The van der Waals surface area contributed by atoms with Crippen molar-refractivity contribution in [2.24, 2.45) is 5.92 Å². The molecule has 1 atom stereocenters. The summed E-state index contributed by atoms with van der Waals surface area (Å²) in [7, 11) is 0. The summed E-state index contributed by atoms with van der Waals surface area (Å²) in [6.07, 6.45) is 2.39. The fourth-order valence-corrected chi connectivity index (χ4v) is 3.06. The van der Waals surface area contributed by atoms with Gasteiger partial charge in [-0.3, -0.25) is 4.79 Å². The Hall–Kier alpha value is -2.69. The lowest BCUT2D eigenvalue weighted by Gasteiger charge is -2.18. The summed E-state index contributed by atoms with van der Waals surface area (Å²) in [6, 6.07) is 10.2. The smallest absolute Gasteiger partial charge is 0.254 e. The second-order valence-electron chi connectivity index (χ2n) is 7.04. The van der Waals surface area contributed by atoms with Crippen LogP contribution in [0.4, 0.5) is 0 Å². The Labute approximate surface area is 154 Å². The molecule has 0 aliphatic heterocycles. The highest BCUT2D eigenvalue weighted by Gasteiger charge is 2.21. The first-order valence-electron chi connectivity index (χ1n) is 9.17. The molecule has 3 rings (SSSR count). The number of aryl methyl sites for hydroxylation is 2. The predicted octanol–water partition coefficient (Wildman–Crippen LogP) is 4.04. The molecule has 2 aromatic heterocycles. The van der Waals surface area contributed by atoms with Crippen LogP contribution in [0.1, 0.15) is 49.4 Å². The van der Waals surface area contributed by atoms with Crippen LogP contribution in [-0.2, 0) is 6.42 Å². The molecule has 1 amide bonds. The van der Waals surface area contributed by atoms with Crippen LogP contribution in [0.3, 0.4) is 0 Å². The molecule has 0 bridgehead atoms. The summed E-state index contributed by atoms with van der Waals surface area (Å²) < 4.78 is 1.83. The zero-order valence-electron chi connectivity index (χ0n) is 16.1. The van der Waals surface area contributed by atoms with Gasteiger partial charge in [0.2, 0.25) is 0 Å². The van der Waals surface area contributed by atoms with Gasteiger partial charge in [-0.2, -0.15) is 5.10 Å². The molecule has 0 spiro atoms. The third kappa shape index (κ3) is 3.21. The van der Waals surface area contributed by atoms with Crippen molar-refractivity contribution in [1.29, 1.82) is 0 Å². The molecule has 0 fully saturated rings. The van der Waals surface area contributed by atoms with Crippen molar-refractivity contribution in [2.45, 2.75) is 47.1 Å². The quantitative estimate of drug-likeness (QED) is 0.755. The monoisotopic (exact) mass is 350 g/mol. The number of amides is 1. The number of benzene rings is 1. The normalized spacial score (nSPS) is 12.5. The molecule has 0 aliphatic rings. The van der Waals surface area contributed by atoms with Crippen LogP contribution in [0.25, 0.3) is 16.8 Å². The second-order valence-corrected chi connectivity index (χ2v) is 7.04. The van der Waals surface area contributed by atoms with Crippen molar-refractivity contribution in [2.75, 3.05) is 0 Å². The molecule has 3 aromatic rings. The molecule has 5 heteroatoms. The average Bonchev–Trinajstić information content (AvgIpc) is 2.97. The molecule has 1 aromatic carbocycles. The summed E-state index contributed by atoms with van der Waals surface area (Å²) in [5, 5.41) is 7.76. The number of hydrogen-bond acceptors (Lipinski definition) is 3. The lowest BCUT2D eigenvalue weighted by atomic mass is 10.1. The fraction of sp³-hybridized carbons (Fsp3) is 0.381. The first-order valence-corrected chi connectivity index (χ1v) is 9.17. The summed E-state index contributed by atoms with van der Waals surface area (Å²) in [5.41, 5.74) is 5.27. The SMILES string of the molecule is CCc1c(C(=O)N[C@H](C)C(C)C)cnc2c(-c3ccccc3)c(C)nn12. The molecular formula is C21H26N4O. The van der Waals surface area contributed by atoms with Crippen LogP contribution in [-0.4, -0.2) is 26.5 Å². The van der Waals surface area contributed by atoms with E-state index in [9.17, 15) is 4.79 Å². The summed E-state index contributed by atoms with van der Waals surface area (Å²) in [6.45, 7) is 10.2. The Morgan fingerprint density at radius 2 is 1.88 bits per heavy atom. The van der Waals surface area contributed by atoms with E-state index in [1.807, 2.05) is 43.5 Å². The van der Waals surface area contributed by atoms with E-state index in [2.05, 4.69) is 36.3 Å². The molecule has 0 unspecified atom stereocenters. The highest BCUT2D eigenvalue weighted by atomic mass is 16.1. The number of aromatic nitrogens is 3. The molecule has 0 saturated heterocycles. The highest BCUT2D eigenvalue weighted by Crippen LogP contribution is 2.28. The number of hydrogen-bond donors (Lipinski definition) is 1. The molecule has 0 aliphatic carbocycles. The maximum absolute atomic E-state index is 12.8. The van der Waals surface area contributed by atoms with Gasteiger partial charge in [0, 0.05) is 17.8 Å². The van der Waals surface area contributed by atoms with Gasteiger partial charge in [-0.25, -0.2) is 9.50 Å². The average molecular weight is 350 g/mol. The minimum atomic E-state index is -0.0909. The van der Waals surface area contributed by atoms with E-state index >= 15 is 0 Å². The van der Waals surface area contributed by atoms with Gasteiger partial charge in [0.05, 0.1) is 17.0 Å². The Kier molecular flexibility index (Phi) is 5.07. The fourth-order valence-electron chi connectivity index (χ4n) is 3.06. The van der Waals surface area contributed by atoms with Gasteiger partial charge in [-0.15, -0.1) is 0 Å². The van der Waals surface area contributed by atoms with Gasteiger partial charge < -0.3 is 5.32 Å². The minimum Gasteiger partial charge on any atom is -0.349 e. The van der Waals surface area contributed by atoms with Gasteiger partial charge in [-0.05, 0) is 31.7 Å². The van der Waals surface area contributed by atoms with E-state index in [4.69, 9.17) is 5.10 Å². The Morgan fingerprint density at radius 1 is 1.19 bits per heavy atom. The largest absolute Gasteiger partial charge is 0.349 e. The van der Waals surface area contributed by atoms with Crippen LogP contribution in [0, 0.1) is 12.8 Å². The van der Waals surface area contributed by atoms with Crippen molar-refractivity contribution in [3.8, 4) is 11.1 Å². The van der Waals surface area contributed by atoms with Crippen LogP contribution in [0.15, 0.2) is 36.5 Å². The van der Waals surface area contributed by atoms with Crippen molar-refractivity contribution < 1.29 is 4.79 Å². The number of nitrogens with one attached hydrogen (secondary N) is 1. The Bertz CT molecular complexity index is 928. The van der Waals surface area contributed by atoms with Crippen molar-refractivity contribution in [3.05, 3.63) is 53.5 Å². The lowest BCUT2D eigenvalue weighted by Crippen LogP contribution is -2.37. The first-order chi connectivity index (χ1) is 12.4. The molecule has 136 valence electrons. The maximum Gasteiger partial charge on any atom is 0.254 e. The maximum atomic E-state index is 12.8. The van der Waals surface area contributed by atoms with E-state index in [0.29, 0.717) is 17.9 Å². The van der Waals surface area contributed by atoms with E-state index in [1.54, 1.807) is 6.20 Å². The van der Waals surface area contributed by atoms with Gasteiger partial charge in [0.15, 0.2) is 5.65 Å². The molecule has 5 nitrogen and oxygen atoms in total. The Morgan fingerprint density at radius 3 is 2.50 bits per heavy atom. The summed E-state index contributed by atoms with van der Waals surface area (Å²) >= 11 is 0.